The Balaban J connectivity index is 2.52. The highest BCUT2D eigenvalue weighted by Crippen LogP contribution is 2.29. The Morgan fingerprint density at radius 3 is 2.31 bits per heavy atom. The molecule has 0 radical (unpaired) electrons. The lowest BCUT2D eigenvalue weighted by Crippen LogP contribution is -2.54. The van der Waals surface area contributed by atoms with Crippen molar-refractivity contribution in [2.45, 2.75) is 142 Å². The number of amides is 4. The first kappa shape index (κ1) is 35.1. The van der Waals surface area contributed by atoms with Crippen molar-refractivity contribution in [1.82, 2.24) is 15.5 Å². The van der Waals surface area contributed by atoms with E-state index in [1.807, 2.05) is 32.0 Å². The fourth-order valence-electron chi connectivity index (χ4n) is 5.48. The molecule has 1 aliphatic carbocycles. The number of ether oxygens (including phenoxy) is 1. The van der Waals surface area contributed by atoms with E-state index in [0.29, 0.717) is 13.0 Å². The molecule has 9 nitrogen and oxygen atoms in total. The molecule has 1 aromatic rings. The van der Waals surface area contributed by atoms with Crippen molar-refractivity contribution in [3.05, 3.63) is 34.9 Å². The smallest absolute Gasteiger partial charge is 0.408 e. The Bertz CT molecular complexity index is 1050. The first-order valence-electron chi connectivity index (χ1n) is 15.8. The van der Waals surface area contributed by atoms with Crippen molar-refractivity contribution in [2.75, 3.05) is 6.54 Å². The summed E-state index contributed by atoms with van der Waals surface area (Å²) in [6.45, 7) is 11.6. The molecule has 9 heteroatoms. The second-order valence-corrected chi connectivity index (χ2v) is 12.8. The largest absolute Gasteiger partial charge is 0.444 e. The number of unbranched alkanes of at least 4 members (excludes halogenated alkanes) is 4. The molecule has 1 saturated carbocycles. The van der Waals surface area contributed by atoms with Crippen LogP contribution in [0.3, 0.4) is 0 Å². The van der Waals surface area contributed by atoms with Crippen molar-refractivity contribution < 1.29 is 23.9 Å². The zero-order chi connectivity index (χ0) is 31.3. The van der Waals surface area contributed by atoms with Crippen LogP contribution < -0.4 is 16.4 Å². The first-order valence-corrected chi connectivity index (χ1v) is 15.8. The van der Waals surface area contributed by atoms with E-state index in [-0.39, 0.29) is 24.8 Å². The summed E-state index contributed by atoms with van der Waals surface area (Å²) in [5.74, 6) is -1.23. The van der Waals surface area contributed by atoms with E-state index in [1.165, 1.54) is 0 Å². The SMILES string of the molecule is CCCCCCCN(C(=O)C(CCC(N)=O)NC(=O)OC(C)(C)C)C(C(=O)NC1CCCCC1)c1cc(C)ccc1C. The second-order valence-electron chi connectivity index (χ2n) is 12.8. The third-order valence-corrected chi connectivity index (χ3v) is 7.70. The van der Waals surface area contributed by atoms with Gasteiger partial charge in [-0.2, -0.15) is 0 Å². The molecule has 1 fully saturated rings. The van der Waals surface area contributed by atoms with Crippen LogP contribution in [0, 0.1) is 13.8 Å². The number of aryl methyl sites for hydroxylation is 2. The lowest BCUT2D eigenvalue weighted by atomic mass is 9.93. The molecule has 0 heterocycles. The Labute approximate surface area is 252 Å². The van der Waals surface area contributed by atoms with Crippen LogP contribution in [-0.4, -0.2) is 52.9 Å². The van der Waals surface area contributed by atoms with Gasteiger partial charge in [0, 0.05) is 19.0 Å². The molecule has 2 atom stereocenters. The van der Waals surface area contributed by atoms with E-state index in [1.54, 1.807) is 25.7 Å². The third kappa shape index (κ3) is 12.0. The molecule has 0 bridgehead atoms. The second kappa shape index (κ2) is 17.1. The maximum Gasteiger partial charge on any atom is 0.408 e. The number of hydrogen-bond acceptors (Lipinski definition) is 5. The van der Waals surface area contributed by atoms with Gasteiger partial charge in [-0.3, -0.25) is 14.4 Å². The highest BCUT2D eigenvalue weighted by Gasteiger charge is 2.37. The van der Waals surface area contributed by atoms with Crippen LogP contribution >= 0.6 is 0 Å². The summed E-state index contributed by atoms with van der Waals surface area (Å²) in [6.07, 6.45) is 9.09. The topological polar surface area (TPSA) is 131 Å². The Hall–Kier alpha value is -3.10. The minimum absolute atomic E-state index is 0.00348. The van der Waals surface area contributed by atoms with Gasteiger partial charge in [-0.05, 0) is 71.4 Å². The van der Waals surface area contributed by atoms with Gasteiger partial charge in [0.05, 0.1) is 0 Å². The Morgan fingerprint density at radius 1 is 1.02 bits per heavy atom. The van der Waals surface area contributed by atoms with Crippen LogP contribution in [0.4, 0.5) is 4.79 Å². The number of alkyl carbamates (subject to hydrolysis) is 1. The van der Waals surface area contributed by atoms with Crippen LogP contribution in [0.2, 0.25) is 0 Å². The van der Waals surface area contributed by atoms with E-state index in [9.17, 15) is 19.2 Å². The Morgan fingerprint density at radius 2 is 1.69 bits per heavy atom. The predicted octanol–water partition coefficient (Wildman–Crippen LogP) is 5.75. The number of nitrogens with one attached hydrogen (secondary N) is 2. The first-order chi connectivity index (χ1) is 19.8. The maximum absolute atomic E-state index is 14.4. The molecule has 2 rings (SSSR count). The van der Waals surface area contributed by atoms with Gasteiger partial charge in [-0.15, -0.1) is 0 Å². The molecular weight excluding hydrogens is 532 g/mol. The van der Waals surface area contributed by atoms with Crippen molar-refractivity contribution in [1.29, 1.82) is 0 Å². The molecule has 1 aliphatic rings. The summed E-state index contributed by atoms with van der Waals surface area (Å²) in [7, 11) is 0. The number of carbonyl (C=O) groups is 4. The van der Waals surface area contributed by atoms with E-state index in [0.717, 1.165) is 74.5 Å². The van der Waals surface area contributed by atoms with Gasteiger partial charge in [0.15, 0.2) is 0 Å². The minimum atomic E-state index is -1.09. The lowest BCUT2D eigenvalue weighted by Gasteiger charge is -2.36. The molecule has 4 amide bonds. The number of hydrogen-bond donors (Lipinski definition) is 3. The quantitative estimate of drug-likeness (QED) is 0.225. The fourth-order valence-corrected chi connectivity index (χ4v) is 5.48. The van der Waals surface area contributed by atoms with Gasteiger partial charge in [0.1, 0.15) is 17.7 Å². The number of primary amides is 1. The highest BCUT2D eigenvalue weighted by atomic mass is 16.6. The molecule has 1 aromatic carbocycles. The molecule has 0 aromatic heterocycles. The molecule has 0 saturated heterocycles. The monoisotopic (exact) mass is 586 g/mol. The van der Waals surface area contributed by atoms with Gasteiger partial charge >= 0.3 is 6.09 Å². The third-order valence-electron chi connectivity index (χ3n) is 7.70. The lowest BCUT2D eigenvalue weighted by molar-refractivity contribution is -0.143. The number of nitrogens with two attached hydrogens (primary N) is 1. The maximum atomic E-state index is 14.4. The molecule has 0 aliphatic heterocycles. The molecule has 4 N–H and O–H groups in total. The number of carbonyl (C=O) groups excluding carboxylic acids is 4. The van der Waals surface area contributed by atoms with Crippen molar-refractivity contribution in [3.63, 3.8) is 0 Å². The van der Waals surface area contributed by atoms with Crippen molar-refractivity contribution in [2.24, 2.45) is 5.73 Å². The van der Waals surface area contributed by atoms with E-state index >= 15 is 0 Å². The zero-order valence-electron chi connectivity index (χ0n) is 26.7. The number of nitrogens with zero attached hydrogens (tertiary/aromatic N) is 1. The van der Waals surface area contributed by atoms with Crippen LogP contribution in [0.1, 0.15) is 127 Å². The highest BCUT2D eigenvalue weighted by molar-refractivity contribution is 5.92. The van der Waals surface area contributed by atoms with Gasteiger partial charge in [0.2, 0.25) is 17.7 Å². The van der Waals surface area contributed by atoms with Gasteiger partial charge in [-0.25, -0.2) is 4.79 Å². The minimum Gasteiger partial charge on any atom is -0.444 e. The fraction of sp³-hybridized carbons (Fsp3) is 0.697. The van der Waals surface area contributed by atoms with Crippen LogP contribution in [0.15, 0.2) is 18.2 Å². The molecule has 42 heavy (non-hydrogen) atoms. The van der Waals surface area contributed by atoms with Gasteiger partial charge in [-0.1, -0.05) is 75.6 Å². The standard InChI is InChI=1S/C33H54N4O5/c1-7-8-9-10-14-21-37(31(40)27(19-20-28(34)38)36-32(41)42-33(4,5)6)29(26-22-23(2)17-18-24(26)3)30(39)35-25-15-12-11-13-16-25/h17-18,22,25,27,29H,7-16,19-21H2,1-6H3,(H2,34,38)(H,35,39)(H,36,41). The van der Waals surface area contributed by atoms with Crippen LogP contribution in [-0.2, 0) is 19.1 Å². The molecule has 236 valence electrons. The van der Waals surface area contributed by atoms with E-state index in [2.05, 4.69) is 17.6 Å². The van der Waals surface area contributed by atoms with E-state index < -0.39 is 35.6 Å². The summed E-state index contributed by atoms with van der Waals surface area (Å²) in [6, 6.07) is 4.02. The summed E-state index contributed by atoms with van der Waals surface area (Å²) >= 11 is 0. The summed E-state index contributed by atoms with van der Waals surface area (Å²) in [4.78, 5) is 54.7. The molecular formula is C33H54N4O5. The van der Waals surface area contributed by atoms with Crippen LogP contribution in [0.25, 0.3) is 0 Å². The molecule has 2 unspecified atom stereocenters. The average molecular weight is 587 g/mol. The average Bonchev–Trinajstić information content (AvgIpc) is 2.91. The summed E-state index contributed by atoms with van der Waals surface area (Å²) in [5.41, 5.74) is 7.32. The van der Waals surface area contributed by atoms with Crippen molar-refractivity contribution >= 4 is 23.8 Å². The van der Waals surface area contributed by atoms with Gasteiger partial charge in [0.25, 0.3) is 0 Å². The number of rotatable bonds is 15. The normalized spacial score (nSPS) is 15.4. The predicted molar refractivity (Wildman–Crippen MR) is 166 cm³/mol. The molecule has 0 spiro atoms. The number of benzene rings is 1. The zero-order valence-corrected chi connectivity index (χ0v) is 26.7. The Kier molecular flexibility index (Phi) is 14.3. The van der Waals surface area contributed by atoms with Gasteiger partial charge < -0.3 is 26.0 Å². The summed E-state index contributed by atoms with van der Waals surface area (Å²) in [5, 5.41) is 5.93. The van der Waals surface area contributed by atoms with Crippen LogP contribution in [0.5, 0.6) is 0 Å². The summed E-state index contributed by atoms with van der Waals surface area (Å²) < 4.78 is 5.44. The van der Waals surface area contributed by atoms with E-state index in [4.69, 9.17) is 10.5 Å². The van der Waals surface area contributed by atoms with Crippen molar-refractivity contribution in [3.8, 4) is 0 Å².